The van der Waals surface area contributed by atoms with Crippen LogP contribution in [-0.4, -0.2) is 24.5 Å². The van der Waals surface area contributed by atoms with Gasteiger partial charge in [-0.2, -0.15) is 0 Å². The zero-order chi connectivity index (χ0) is 14.1. The molecule has 0 aliphatic carbocycles. The van der Waals surface area contributed by atoms with E-state index in [1.165, 1.54) is 5.56 Å². The van der Waals surface area contributed by atoms with Gasteiger partial charge in [0.2, 0.25) is 0 Å². The van der Waals surface area contributed by atoms with E-state index in [2.05, 4.69) is 43.6 Å². The summed E-state index contributed by atoms with van der Waals surface area (Å²) in [5.74, 6) is 1.75. The molecule has 0 atom stereocenters. The molecular formula is C16H28N2O. The average molecular weight is 264 g/mol. The molecule has 0 saturated carbocycles. The van der Waals surface area contributed by atoms with E-state index in [9.17, 15) is 0 Å². The third kappa shape index (κ3) is 6.08. The minimum atomic E-state index is 0.674. The topological polar surface area (TPSA) is 28.4 Å². The van der Waals surface area contributed by atoms with Gasteiger partial charge >= 0.3 is 0 Å². The summed E-state index contributed by atoms with van der Waals surface area (Å²) in [6.07, 6.45) is 4.89. The summed E-state index contributed by atoms with van der Waals surface area (Å²) in [5.41, 5.74) is 1.27. The van der Waals surface area contributed by atoms with Gasteiger partial charge in [0.25, 0.3) is 0 Å². The highest BCUT2D eigenvalue weighted by molar-refractivity contribution is 5.16. The van der Waals surface area contributed by atoms with Gasteiger partial charge in [-0.1, -0.05) is 26.8 Å². The summed E-state index contributed by atoms with van der Waals surface area (Å²) < 4.78 is 5.63. The van der Waals surface area contributed by atoms with Gasteiger partial charge in [-0.15, -0.1) is 6.58 Å². The van der Waals surface area contributed by atoms with Crippen LogP contribution < -0.4 is 5.32 Å². The van der Waals surface area contributed by atoms with Crippen molar-refractivity contribution < 1.29 is 4.42 Å². The molecule has 1 aromatic heterocycles. The Balaban J connectivity index is 2.52. The van der Waals surface area contributed by atoms with Crippen molar-refractivity contribution in [3.05, 3.63) is 36.3 Å². The van der Waals surface area contributed by atoms with Crippen LogP contribution in [-0.2, 0) is 13.1 Å². The molecule has 108 valence electrons. The number of nitrogens with one attached hydrogen (secondary N) is 1. The first-order chi connectivity index (χ1) is 9.17. The largest absolute Gasteiger partial charge is 0.468 e. The van der Waals surface area contributed by atoms with Gasteiger partial charge in [0, 0.05) is 18.7 Å². The molecule has 0 unspecified atom stereocenters. The molecule has 0 aliphatic heterocycles. The lowest BCUT2D eigenvalue weighted by atomic mass is 10.2. The number of rotatable bonds is 10. The van der Waals surface area contributed by atoms with Gasteiger partial charge in [-0.25, -0.2) is 0 Å². The lowest BCUT2D eigenvalue weighted by Crippen LogP contribution is -2.25. The van der Waals surface area contributed by atoms with Crippen molar-refractivity contribution in [2.75, 3.05) is 19.6 Å². The summed E-state index contributed by atoms with van der Waals surface area (Å²) in [4.78, 5) is 2.36. The van der Waals surface area contributed by atoms with Crippen LogP contribution in [0.4, 0.5) is 0 Å². The van der Waals surface area contributed by atoms with Crippen molar-refractivity contribution in [3.8, 4) is 0 Å². The van der Waals surface area contributed by atoms with Gasteiger partial charge in [0.1, 0.15) is 5.76 Å². The molecule has 19 heavy (non-hydrogen) atoms. The van der Waals surface area contributed by atoms with Crippen LogP contribution in [0.2, 0.25) is 0 Å². The Kier molecular flexibility index (Phi) is 7.53. The monoisotopic (exact) mass is 264 g/mol. The fourth-order valence-electron chi connectivity index (χ4n) is 2.10. The molecule has 0 spiro atoms. The van der Waals surface area contributed by atoms with Crippen LogP contribution in [0.3, 0.4) is 0 Å². The Morgan fingerprint density at radius 2 is 2.26 bits per heavy atom. The van der Waals surface area contributed by atoms with Crippen LogP contribution >= 0.6 is 0 Å². The number of furan rings is 1. The SMILES string of the molecule is C=CCN(CCC)Cc1occc1CNCC(C)C. The summed E-state index contributed by atoms with van der Waals surface area (Å²) in [6, 6.07) is 2.07. The van der Waals surface area contributed by atoms with Crippen molar-refractivity contribution in [1.29, 1.82) is 0 Å². The molecule has 3 heteroatoms. The van der Waals surface area contributed by atoms with Crippen molar-refractivity contribution in [2.45, 2.75) is 40.3 Å². The second-order valence-corrected chi connectivity index (χ2v) is 5.42. The molecular weight excluding hydrogens is 236 g/mol. The molecule has 0 aromatic carbocycles. The van der Waals surface area contributed by atoms with Gasteiger partial charge in [0.05, 0.1) is 12.8 Å². The van der Waals surface area contributed by atoms with Crippen LogP contribution in [0.15, 0.2) is 29.4 Å². The fraction of sp³-hybridized carbons (Fsp3) is 0.625. The molecule has 1 heterocycles. The van der Waals surface area contributed by atoms with Crippen molar-refractivity contribution in [2.24, 2.45) is 5.92 Å². The first kappa shape index (κ1) is 16.0. The molecule has 1 N–H and O–H groups in total. The summed E-state index contributed by atoms with van der Waals surface area (Å²) >= 11 is 0. The second kappa shape index (κ2) is 8.94. The molecule has 0 saturated heterocycles. The Morgan fingerprint density at radius 1 is 1.47 bits per heavy atom. The predicted molar refractivity (Wildman–Crippen MR) is 81.0 cm³/mol. The second-order valence-electron chi connectivity index (χ2n) is 5.42. The molecule has 1 rings (SSSR count). The standard InChI is InChI=1S/C16H28N2O/c1-5-8-18(9-6-2)13-16-15(7-10-19-16)12-17-11-14(3)4/h5,7,10,14,17H,1,6,8-9,11-13H2,2-4H3. The molecule has 0 radical (unpaired) electrons. The van der Waals surface area contributed by atoms with Crippen molar-refractivity contribution in [3.63, 3.8) is 0 Å². The van der Waals surface area contributed by atoms with E-state index < -0.39 is 0 Å². The molecule has 0 fully saturated rings. The van der Waals surface area contributed by atoms with E-state index in [4.69, 9.17) is 4.42 Å². The maximum atomic E-state index is 5.63. The van der Waals surface area contributed by atoms with E-state index in [1.807, 2.05) is 6.08 Å². The van der Waals surface area contributed by atoms with Crippen LogP contribution in [0.5, 0.6) is 0 Å². The van der Waals surface area contributed by atoms with Gasteiger partial charge in [-0.05, 0) is 31.5 Å². The third-order valence-electron chi connectivity index (χ3n) is 3.00. The smallest absolute Gasteiger partial charge is 0.122 e. The average Bonchev–Trinajstić information content (AvgIpc) is 2.77. The van der Waals surface area contributed by atoms with Crippen LogP contribution in [0.25, 0.3) is 0 Å². The van der Waals surface area contributed by atoms with E-state index in [0.717, 1.165) is 44.9 Å². The predicted octanol–water partition coefficient (Wildman–Crippen LogP) is 3.42. The van der Waals surface area contributed by atoms with E-state index in [-0.39, 0.29) is 0 Å². The molecule has 0 bridgehead atoms. The van der Waals surface area contributed by atoms with Crippen LogP contribution in [0.1, 0.15) is 38.5 Å². The summed E-state index contributed by atoms with van der Waals surface area (Å²) in [5, 5.41) is 3.47. The maximum Gasteiger partial charge on any atom is 0.122 e. The van der Waals surface area contributed by atoms with Crippen molar-refractivity contribution >= 4 is 0 Å². The Labute approximate surface area is 117 Å². The van der Waals surface area contributed by atoms with E-state index >= 15 is 0 Å². The third-order valence-corrected chi connectivity index (χ3v) is 3.00. The molecule has 0 amide bonds. The summed E-state index contributed by atoms with van der Waals surface area (Å²) in [6.45, 7) is 15.2. The highest BCUT2D eigenvalue weighted by atomic mass is 16.3. The van der Waals surface area contributed by atoms with Gasteiger partial charge in [-0.3, -0.25) is 4.90 Å². The molecule has 0 aliphatic rings. The highest BCUT2D eigenvalue weighted by Crippen LogP contribution is 2.13. The van der Waals surface area contributed by atoms with Gasteiger partial charge < -0.3 is 9.73 Å². The zero-order valence-corrected chi connectivity index (χ0v) is 12.6. The normalized spacial score (nSPS) is 11.4. The molecule has 3 nitrogen and oxygen atoms in total. The molecule has 1 aromatic rings. The number of hydrogen-bond donors (Lipinski definition) is 1. The van der Waals surface area contributed by atoms with E-state index in [0.29, 0.717) is 5.92 Å². The Morgan fingerprint density at radius 3 is 2.89 bits per heavy atom. The zero-order valence-electron chi connectivity index (χ0n) is 12.6. The van der Waals surface area contributed by atoms with Gasteiger partial charge in [0.15, 0.2) is 0 Å². The van der Waals surface area contributed by atoms with Crippen LogP contribution in [0, 0.1) is 5.92 Å². The quantitative estimate of drug-likeness (QED) is 0.656. The summed E-state index contributed by atoms with van der Waals surface area (Å²) in [7, 11) is 0. The Hall–Kier alpha value is -1.06. The minimum absolute atomic E-state index is 0.674. The maximum absolute atomic E-state index is 5.63. The number of hydrogen-bond acceptors (Lipinski definition) is 3. The Bertz CT molecular complexity index is 357. The highest BCUT2D eigenvalue weighted by Gasteiger charge is 2.10. The fourth-order valence-corrected chi connectivity index (χ4v) is 2.10. The minimum Gasteiger partial charge on any atom is -0.468 e. The number of nitrogens with zero attached hydrogens (tertiary/aromatic N) is 1. The first-order valence-corrected chi connectivity index (χ1v) is 7.26. The van der Waals surface area contributed by atoms with E-state index in [1.54, 1.807) is 6.26 Å². The van der Waals surface area contributed by atoms with Crippen molar-refractivity contribution in [1.82, 2.24) is 10.2 Å². The first-order valence-electron chi connectivity index (χ1n) is 7.26. The lowest BCUT2D eigenvalue weighted by molar-refractivity contribution is 0.267. The lowest BCUT2D eigenvalue weighted by Gasteiger charge is -2.19.